The lowest BCUT2D eigenvalue weighted by Crippen LogP contribution is -2.31. The molecule has 22 heavy (non-hydrogen) atoms. The van der Waals surface area contributed by atoms with Crippen molar-refractivity contribution in [3.8, 4) is 5.75 Å². The predicted octanol–water partition coefficient (Wildman–Crippen LogP) is 3.90. The fourth-order valence-electron chi connectivity index (χ4n) is 2.83. The SMILES string of the molecule is Cc1ccc(C(C)C)c(OCC(C)CNCC2CCCO2)c1. The molecule has 1 aliphatic heterocycles. The summed E-state index contributed by atoms with van der Waals surface area (Å²) in [7, 11) is 0. The Morgan fingerprint density at radius 3 is 2.82 bits per heavy atom. The minimum Gasteiger partial charge on any atom is -0.493 e. The number of ether oxygens (including phenoxy) is 2. The van der Waals surface area contributed by atoms with Gasteiger partial charge < -0.3 is 14.8 Å². The summed E-state index contributed by atoms with van der Waals surface area (Å²) in [5.74, 6) is 2.02. The second-order valence-electron chi connectivity index (χ2n) is 6.91. The lowest BCUT2D eigenvalue weighted by atomic mass is 10.0. The van der Waals surface area contributed by atoms with Crippen molar-refractivity contribution >= 4 is 0 Å². The molecule has 2 rings (SSSR count). The molecular weight excluding hydrogens is 274 g/mol. The normalized spacial score (nSPS) is 19.6. The van der Waals surface area contributed by atoms with Gasteiger partial charge in [0, 0.05) is 25.6 Å². The quantitative estimate of drug-likeness (QED) is 0.790. The Kier molecular flexibility index (Phi) is 6.71. The van der Waals surface area contributed by atoms with Gasteiger partial charge in [0.1, 0.15) is 5.75 Å². The van der Waals surface area contributed by atoms with E-state index >= 15 is 0 Å². The van der Waals surface area contributed by atoms with E-state index in [2.05, 4.69) is 51.2 Å². The third kappa shape index (κ3) is 5.29. The van der Waals surface area contributed by atoms with Crippen LogP contribution in [-0.2, 0) is 4.74 Å². The highest BCUT2D eigenvalue weighted by Gasteiger charge is 2.15. The van der Waals surface area contributed by atoms with E-state index in [9.17, 15) is 0 Å². The molecule has 0 radical (unpaired) electrons. The molecule has 1 fully saturated rings. The van der Waals surface area contributed by atoms with Gasteiger partial charge in [0.15, 0.2) is 0 Å². The maximum absolute atomic E-state index is 6.09. The standard InChI is InChI=1S/C19H31NO2/c1-14(2)18-8-7-15(3)10-19(18)22-13-16(4)11-20-12-17-6-5-9-21-17/h7-8,10,14,16-17,20H,5-6,9,11-13H2,1-4H3. The van der Waals surface area contributed by atoms with E-state index in [-0.39, 0.29) is 0 Å². The molecule has 2 atom stereocenters. The van der Waals surface area contributed by atoms with Crippen molar-refractivity contribution in [2.75, 3.05) is 26.3 Å². The first-order valence-corrected chi connectivity index (χ1v) is 8.62. The van der Waals surface area contributed by atoms with Crippen LogP contribution in [0.15, 0.2) is 18.2 Å². The first kappa shape index (κ1) is 17.3. The van der Waals surface area contributed by atoms with Crippen molar-refractivity contribution in [2.45, 2.75) is 52.6 Å². The van der Waals surface area contributed by atoms with E-state index in [0.717, 1.165) is 32.1 Å². The van der Waals surface area contributed by atoms with Crippen LogP contribution in [0.2, 0.25) is 0 Å². The molecule has 1 aliphatic rings. The fraction of sp³-hybridized carbons (Fsp3) is 0.684. The second kappa shape index (κ2) is 8.54. The molecule has 124 valence electrons. The zero-order chi connectivity index (χ0) is 15.9. The highest BCUT2D eigenvalue weighted by Crippen LogP contribution is 2.27. The molecule has 0 bridgehead atoms. The summed E-state index contributed by atoms with van der Waals surface area (Å²) in [6.07, 6.45) is 2.81. The van der Waals surface area contributed by atoms with Gasteiger partial charge >= 0.3 is 0 Å². The lowest BCUT2D eigenvalue weighted by Gasteiger charge is -2.19. The maximum Gasteiger partial charge on any atom is 0.123 e. The topological polar surface area (TPSA) is 30.5 Å². The highest BCUT2D eigenvalue weighted by molar-refractivity contribution is 5.39. The number of hydrogen-bond donors (Lipinski definition) is 1. The van der Waals surface area contributed by atoms with Gasteiger partial charge in [-0.15, -0.1) is 0 Å². The molecule has 1 heterocycles. The van der Waals surface area contributed by atoms with Crippen LogP contribution in [0.25, 0.3) is 0 Å². The minimum atomic E-state index is 0.414. The molecule has 0 saturated carbocycles. The van der Waals surface area contributed by atoms with Crippen molar-refractivity contribution in [3.05, 3.63) is 29.3 Å². The average Bonchev–Trinajstić information content (AvgIpc) is 2.98. The molecule has 1 N–H and O–H groups in total. The molecule has 1 saturated heterocycles. The van der Waals surface area contributed by atoms with Crippen LogP contribution in [0.3, 0.4) is 0 Å². The van der Waals surface area contributed by atoms with Crippen LogP contribution >= 0.6 is 0 Å². The van der Waals surface area contributed by atoms with Crippen LogP contribution in [0.1, 0.15) is 50.7 Å². The van der Waals surface area contributed by atoms with E-state index in [0.29, 0.717) is 17.9 Å². The van der Waals surface area contributed by atoms with Gasteiger partial charge in [-0.1, -0.05) is 32.9 Å². The Labute approximate surface area is 135 Å². The summed E-state index contributed by atoms with van der Waals surface area (Å²) in [5.41, 5.74) is 2.55. The summed E-state index contributed by atoms with van der Waals surface area (Å²) in [6, 6.07) is 6.51. The van der Waals surface area contributed by atoms with Crippen molar-refractivity contribution in [1.82, 2.24) is 5.32 Å². The highest BCUT2D eigenvalue weighted by atomic mass is 16.5. The van der Waals surface area contributed by atoms with Crippen LogP contribution in [0, 0.1) is 12.8 Å². The average molecular weight is 305 g/mol. The van der Waals surface area contributed by atoms with E-state index < -0.39 is 0 Å². The van der Waals surface area contributed by atoms with E-state index in [1.54, 1.807) is 0 Å². The molecule has 1 aromatic carbocycles. The molecule has 0 amide bonds. The van der Waals surface area contributed by atoms with Crippen LogP contribution in [0.5, 0.6) is 5.75 Å². The molecular formula is C19H31NO2. The number of nitrogens with one attached hydrogen (secondary N) is 1. The van der Waals surface area contributed by atoms with Crippen LogP contribution in [-0.4, -0.2) is 32.4 Å². The Hall–Kier alpha value is -1.06. The lowest BCUT2D eigenvalue weighted by molar-refractivity contribution is 0.108. The third-order valence-corrected chi connectivity index (χ3v) is 4.20. The van der Waals surface area contributed by atoms with Crippen molar-refractivity contribution in [1.29, 1.82) is 0 Å². The van der Waals surface area contributed by atoms with Crippen molar-refractivity contribution in [3.63, 3.8) is 0 Å². The summed E-state index contributed by atoms with van der Waals surface area (Å²) in [6.45, 7) is 12.4. The molecule has 0 aromatic heterocycles. The molecule has 3 heteroatoms. The number of aryl methyl sites for hydroxylation is 1. The third-order valence-electron chi connectivity index (χ3n) is 4.20. The van der Waals surface area contributed by atoms with Gasteiger partial charge in [-0.2, -0.15) is 0 Å². The monoisotopic (exact) mass is 305 g/mol. The number of hydrogen-bond acceptors (Lipinski definition) is 3. The zero-order valence-corrected chi connectivity index (χ0v) is 14.5. The molecule has 0 aliphatic carbocycles. The van der Waals surface area contributed by atoms with Gasteiger partial charge in [0.25, 0.3) is 0 Å². The van der Waals surface area contributed by atoms with Gasteiger partial charge in [0.2, 0.25) is 0 Å². The predicted molar refractivity (Wildman–Crippen MR) is 91.8 cm³/mol. The summed E-state index contributed by atoms with van der Waals surface area (Å²) >= 11 is 0. The zero-order valence-electron chi connectivity index (χ0n) is 14.5. The number of rotatable bonds is 8. The van der Waals surface area contributed by atoms with Crippen molar-refractivity contribution < 1.29 is 9.47 Å². The van der Waals surface area contributed by atoms with Gasteiger partial charge in [-0.3, -0.25) is 0 Å². The van der Waals surface area contributed by atoms with Crippen LogP contribution in [0.4, 0.5) is 0 Å². The largest absolute Gasteiger partial charge is 0.493 e. The molecule has 1 aromatic rings. The first-order valence-electron chi connectivity index (χ1n) is 8.62. The van der Waals surface area contributed by atoms with Crippen molar-refractivity contribution in [2.24, 2.45) is 5.92 Å². The maximum atomic E-state index is 6.09. The van der Waals surface area contributed by atoms with Gasteiger partial charge in [0.05, 0.1) is 12.7 Å². The van der Waals surface area contributed by atoms with E-state index in [4.69, 9.17) is 9.47 Å². The number of benzene rings is 1. The van der Waals surface area contributed by atoms with E-state index in [1.807, 2.05) is 0 Å². The van der Waals surface area contributed by atoms with Gasteiger partial charge in [-0.05, 0) is 42.9 Å². The Bertz CT molecular complexity index is 453. The smallest absolute Gasteiger partial charge is 0.123 e. The Balaban J connectivity index is 1.75. The Morgan fingerprint density at radius 2 is 2.14 bits per heavy atom. The van der Waals surface area contributed by atoms with Gasteiger partial charge in [-0.25, -0.2) is 0 Å². The van der Waals surface area contributed by atoms with E-state index in [1.165, 1.54) is 24.0 Å². The first-order chi connectivity index (χ1) is 10.6. The fourth-order valence-corrected chi connectivity index (χ4v) is 2.83. The second-order valence-corrected chi connectivity index (χ2v) is 6.91. The molecule has 2 unspecified atom stereocenters. The van der Waals surface area contributed by atoms with Crippen LogP contribution < -0.4 is 10.1 Å². The Morgan fingerprint density at radius 1 is 1.32 bits per heavy atom. The molecule has 3 nitrogen and oxygen atoms in total. The summed E-state index contributed by atoms with van der Waals surface area (Å²) < 4.78 is 11.7. The summed E-state index contributed by atoms with van der Waals surface area (Å²) in [5, 5.41) is 3.51. The molecule has 0 spiro atoms. The minimum absolute atomic E-state index is 0.414. The summed E-state index contributed by atoms with van der Waals surface area (Å²) in [4.78, 5) is 0.